The van der Waals surface area contributed by atoms with E-state index in [0.29, 0.717) is 18.0 Å². The van der Waals surface area contributed by atoms with Crippen molar-refractivity contribution in [2.24, 2.45) is 0 Å². The second kappa shape index (κ2) is 7.36. The number of amides is 1. The van der Waals surface area contributed by atoms with E-state index in [0.717, 1.165) is 16.4 Å². The lowest BCUT2D eigenvalue weighted by atomic mass is 10.0. The minimum Gasteiger partial charge on any atom is -0.346 e. The minimum atomic E-state index is -0.0855. The molecular weight excluding hydrogens is 318 g/mol. The number of hydrogen-bond donors (Lipinski definition) is 1. The predicted octanol–water partition coefficient (Wildman–Crippen LogP) is 4.26. The number of aromatic nitrogens is 2. The van der Waals surface area contributed by atoms with E-state index in [-0.39, 0.29) is 5.91 Å². The average molecular weight is 337 g/mol. The van der Waals surface area contributed by atoms with Crippen molar-refractivity contribution < 1.29 is 4.79 Å². The van der Waals surface area contributed by atoms with Gasteiger partial charge in [0, 0.05) is 17.1 Å². The molecule has 3 rings (SSSR count). The third-order valence-electron chi connectivity index (χ3n) is 3.71. The van der Waals surface area contributed by atoms with E-state index in [1.54, 1.807) is 6.20 Å². The van der Waals surface area contributed by atoms with Gasteiger partial charge in [-0.2, -0.15) is 0 Å². The van der Waals surface area contributed by atoms with Crippen LogP contribution in [-0.2, 0) is 6.54 Å². The summed E-state index contributed by atoms with van der Waals surface area (Å²) in [5.41, 5.74) is 3.59. The summed E-state index contributed by atoms with van der Waals surface area (Å²) in [6.45, 7) is 4.68. The van der Waals surface area contributed by atoms with Crippen LogP contribution in [0.15, 0.2) is 54.0 Å². The Hall–Kier alpha value is -2.53. The van der Waals surface area contributed by atoms with Crippen LogP contribution in [-0.4, -0.2) is 15.9 Å². The SMILES string of the molecule is CC(C)c1ccc(C(=O)NCc2csc(-c3ccccn3)n2)cc1. The summed E-state index contributed by atoms with van der Waals surface area (Å²) in [7, 11) is 0. The molecule has 0 bridgehead atoms. The van der Waals surface area contributed by atoms with Crippen molar-refractivity contribution in [3.05, 3.63) is 70.9 Å². The van der Waals surface area contributed by atoms with E-state index >= 15 is 0 Å². The highest BCUT2D eigenvalue weighted by molar-refractivity contribution is 7.13. The second-order valence-corrected chi connectivity index (χ2v) is 6.68. The molecule has 122 valence electrons. The van der Waals surface area contributed by atoms with E-state index in [1.165, 1.54) is 16.9 Å². The monoisotopic (exact) mass is 337 g/mol. The molecule has 24 heavy (non-hydrogen) atoms. The Morgan fingerprint density at radius 3 is 2.62 bits per heavy atom. The maximum atomic E-state index is 12.2. The van der Waals surface area contributed by atoms with Gasteiger partial charge in [-0.3, -0.25) is 9.78 Å². The molecule has 0 atom stereocenters. The van der Waals surface area contributed by atoms with Crippen molar-refractivity contribution >= 4 is 17.2 Å². The van der Waals surface area contributed by atoms with Gasteiger partial charge < -0.3 is 5.32 Å². The zero-order valence-electron chi connectivity index (χ0n) is 13.7. The first kappa shape index (κ1) is 16.3. The van der Waals surface area contributed by atoms with Crippen LogP contribution >= 0.6 is 11.3 Å². The van der Waals surface area contributed by atoms with Crippen LogP contribution in [0, 0.1) is 0 Å². The quantitative estimate of drug-likeness (QED) is 0.757. The van der Waals surface area contributed by atoms with E-state index in [2.05, 4.69) is 29.1 Å². The molecule has 5 heteroatoms. The van der Waals surface area contributed by atoms with Gasteiger partial charge in [0.15, 0.2) is 0 Å². The van der Waals surface area contributed by atoms with Crippen LogP contribution in [0.5, 0.6) is 0 Å². The number of carbonyl (C=O) groups excluding carboxylic acids is 1. The largest absolute Gasteiger partial charge is 0.346 e. The minimum absolute atomic E-state index is 0.0855. The number of carbonyl (C=O) groups is 1. The first-order valence-corrected chi connectivity index (χ1v) is 8.75. The zero-order valence-corrected chi connectivity index (χ0v) is 14.5. The van der Waals surface area contributed by atoms with Crippen LogP contribution in [0.4, 0.5) is 0 Å². The molecule has 1 N–H and O–H groups in total. The molecule has 4 nitrogen and oxygen atoms in total. The van der Waals surface area contributed by atoms with Crippen molar-refractivity contribution in [3.63, 3.8) is 0 Å². The maximum Gasteiger partial charge on any atom is 0.251 e. The number of hydrogen-bond acceptors (Lipinski definition) is 4. The van der Waals surface area contributed by atoms with Crippen molar-refractivity contribution in [1.29, 1.82) is 0 Å². The van der Waals surface area contributed by atoms with Crippen molar-refractivity contribution in [3.8, 4) is 10.7 Å². The number of benzene rings is 1. The van der Waals surface area contributed by atoms with Crippen molar-refractivity contribution in [2.75, 3.05) is 0 Å². The Balaban J connectivity index is 1.61. The van der Waals surface area contributed by atoms with Crippen molar-refractivity contribution in [2.45, 2.75) is 26.3 Å². The van der Waals surface area contributed by atoms with Gasteiger partial charge >= 0.3 is 0 Å². The van der Waals surface area contributed by atoms with Crippen molar-refractivity contribution in [1.82, 2.24) is 15.3 Å². The third-order valence-corrected chi connectivity index (χ3v) is 4.62. The van der Waals surface area contributed by atoms with Gasteiger partial charge in [0.25, 0.3) is 5.91 Å². The maximum absolute atomic E-state index is 12.2. The lowest BCUT2D eigenvalue weighted by molar-refractivity contribution is 0.0950. The summed E-state index contributed by atoms with van der Waals surface area (Å²) in [4.78, 5) is 21.0. The Bertz CT molecular complexity index is 810. The summed E-state index contributed by atoms with van der Waals surface area (Å²) >= 11 is 1.53. The van der Waals surface area contributed by atoms with Gasteiger partial charge in [-0.15, -0.1) is 11.3 Å². The Morgan fingerprint density at radius 1 is 1.17 bits per heavy atom. The average Bonchev–Trinajstić information content (AvgIpc) is 3.09. The molecule has 0 spiro atoms. The summed E-state index contributed by atoms with van der Waals surface area (Å²) in [5, 5.41) is 5.73. The molecule has 1 amide bonds. The van der Waals surface area contributed by atoms with Crippen LogP contribution in [0.3, 0.4) is 0 Å². The number of thiazole rings is 1. The van der Waals surface area contributed by atoms with Crippen LogP contribution in [0.25, 0.3) is 10.7 Å². The van der Waals surface area contributed by atoms with Gasteiger partial charge in [0.2, 0.25) is 0 Å². The molecule has 0 aliphatic rings. The predicted molar refractivity (Wildman–Crippen MR) is 97.0 cm³/mol. The smallest absolute Gasteiger partial charge is 0.251 e. The van der Waals surface area contributed by atoms with Gasteiger partial charge in [0.1, 0.15) is 5.01 Å². The van der Waals surface area contributed by atoms with Gasteiger partial charge in [-0.05, 0) is 35.7 Å². The summed E-state index contributed by atoms with van der Waals surface area (Å²) in [6, 6.07) is 13.5. The third kappa shape index (κ3) is 3.86. The lowest BCUT2D eigenvalue weighted by Gasteiger charge is -2.07. The van der Waals surface area contributed by atoms with Gasteiger partial charge in [-0.25, -0.2) is 4.98 Å². The standard InChI is InChI=1S/C19H19N3OS/c1-13(2)14-6-8-15(9-7-14)18(23)21-11-16-12-24-19(22-16)17-5-3-4-10-20-17/h3-10,12-13H,11H2,1-2H3,(H,21,23). The lowest BCUT2D eigenvalue weighted by Crippen LogP contribution is -2.22. The molecule has 0 radical (unpaired) electrons. The molecule has 0 fully saturated rings. The van der Waals surface area contributed by atoms with E-state index in [1.807, 2.05) is 47.8 Å². The molecule has 0 aliphatic carbocycles. The fourth-order valence-corrected chi connectivity index (χ4v) is 3.08. The highest BCUT2D eigenvalue weighted by Gasteiger charge is 2.09. The Labute approximate surface area is 145 Å². The number of nitrogens with zero attached hydrogens (tertiary/aromatic N) is 2. The molecule has 0 saturated heterocycles. The van der Waals surface area contributed by atoms with Gasteiger partial charge in [-0.1, -0.05) is 32.0 Å². The fourth-order valence-electron chi connectivity index (χ4n) is 2.29. The molecule has 3 aromatic rings. The van der Waals surface area contributed by atoms with Crippen LogP contribution in [0.2, 0.25) is 0 Å². The second-order valence-electron chi connectivity index (χ2n) is 5.82. The fraction of sp³-hybridized carbons (Fsp3) is 0.211. The normalized spacial score (nSPS) is 10.8. The summed E-state index contributed by atoms with van der Waals surface area (Å²) in [6.07, 6.45) is 1.75. The summed E-state index contributed by atoms with van der Waals surface area (Å²) < 4.78 is 0. The van der Waals surface area contributed by atoms with Gasteiger partial charge in [0.05, 0.1) is 17.9 Å². The Kier molecular flexibility index (Phi) is 5.01. The number of rotatable bonds is 5. The number of nitrogens with one attached hydrogen (secondary N) is 1. The summed E-state index contributed by atoms with van der Waals surface area (Å²) in [5.74, 6) is 0.375. The van der Waals surface area contributed by atoms with E-state index < -0.39 is 0 Å². The number of pyridine rings is 1. The molecule has 0 aliphatic heterocycles. The zero-order chi connectivity index (χ0) is 16.9. The molecule has 1 aromatic carbocycles. The molecular formula is C19H19N3OS. The first-order chi connectivity index (χ1) is 11.6. The molecule has 2 heterocycles. The highest BCUT2D eigenvalue weighted by Crippen LogP contribution is 2.21. The Morgan fingerprint density at radius 2 is 1.96 bits per heavy atom. The molecule has 0 unspecified atom stereocenters. The van der Waals surface area contributed by atoms with E-state index in [9.17, 15) is 4.79 Å². The van der Waals surface area contributed by atoms with E-state index in [4.69, 9.17) is 0 Å². The topological polar surface area (TPSA) is 54.9 Å². The molecule has 0 saturated carbocycles. The highest BCUT2D eigenvalue weighted by atomic mass is 32.1. The van der Waals surface area contributed by atoms with Crippen LogP contribution in [0.1, 0.15) is 41.4 Å². The molecule has 2 aromatic heterocycles. The first-order valence-electron chi connectivity index (χ1n) is 7.87. The van der Waals surface area contributed by atoms with Crippen LogP contribution < -0.4 is 5.32 Å².